The molecule has 0 aromatic heterocycles. The van der Waals surface area contributed by atoms with Gasteiger partial charge in [0, 0.05) is 40.5 Å². The molecule has 12 rings (SSSR count). The van der Waals surface area contributed by atoms with Gasteiger partial charge in [0.2, 0.25) is 0 Å². The molecule has 0 nitrogen and oxygen atoms in total. The molecule has 0 bridgehead atoms. The van der Waals surface area contributed by atoms with Crippen molar-refractivity contribution >= 4 is 142 Å². The minimum Gasteiger partial charge on any atom is -0.0843 e. The Balaban J connectivity index is 0.000000141. The second-order valence-electron chi connectivity index (χ2n) is 18.5. The van der Waals surface area contributed by atoms with Crippen LogP contribution < -0.4 is 63.7 Å². The first-order valence-corrected chi connectivity index (χ1v) is 33.8. The summed E-state index contributed by atoms with van der Waals surface area (Å²) in [6, 6.07) is 119. The van der Waals surface area contributed by atoms with Gasteiger partial charge in [0.15, 0.2) is 0 Å². The largest absolute Gasteiger partial charge is 0.102 e. The predicted molar refractivity (Wildman–Crippen MR) is 366 cm³/mol. The molecular formula is C72H60Cl4P4Pd+4. The van der Waals surface area contributed by atoms with Gasteiger partial charge in [-0.15, -0.1) is 0 Å². The smallest absolute Gasteiger partial charge is 0.0843 e. The maximum Gasteiger partial charge on any atom is 0.102 e. The maximum atomic E-state index is 6.02. The van der Waals surface area contributed by atoms with Gasteiger partial charge >= 0.3 is 0 Å². The summed E-state index contributed by atoms with van der Waals surface area (Å²) >= 11 is 24.1. The first kappa shape index (κ1) is 61.3. The maximum absolute atomic E-state index is 6.02. The fourth-order valence-electron chi connectivity index (χ4n) is 9.30. The Hall–Kier alpha value is -5.82. The van der Waals surface area contributed by atoms with E-state index in [9.17, 15) is 0 Å². The van der Waals surface area contributed by atoms with E-state index in [1.54, 1.807) is 0 Å². The first-order valence-electron chi connectivity index (χ1n) is 26.3. The molecule has 0 spiro atoms. The van der Waals surface area contributed by atoms with E-state index in [4.69, 9.17) is 46.4 Å². The normalized spacial score (nSPS) is 10.6. The Kier molecular flexibility index (Phi) is 24.7. The second kappa shape index (κ2) is 32.7. The second-order valence-corrected chi connectivity index (χ2v) is 30.1. The first-order chi connectivity index (χ1) is 39.4. The molecule has 0 saturated carbocycles. The van der Waals surface area contributed by atoms with Gasteiger partial charge in [-0.05, 0) is 194 Å². The monoisotopic (exact) mass is 1290 g/mol. The Morgan fingerprint density at radius 1 is 0.136 bits per heavy atom. The molecule has 0 heterocycles. The van der Waals surface area contributed by atoms with Crippen LogP contribution in [0.1, 0.15) is 0 Å². The molecule has 12 aromatic carbocycles. The topological polar surface area (TPSA) is 0 Å². The summed E-state index contributed by atoms with van der Waals surface area (Å²) in [5.74, 6) is 0. The summed E-state index contributed by atoms with van der Waals surface area (Å²) in [6.07, 6.45) is 0. The SMILES string of the molecule is Clc1ccc([PH+](c2ccccc2)c2ccccc2)cc1.Clc1ccc([PH+](c2ccccc2)c2ccccc2)cc1.Clc1ccc([PH+](c2ccccc2)c2ccccc2)cc1.Clc1ccc([PH+](c2ccccc2)c2ccccc2)cc1.[Pd]. The van der Waals surface area contributed by atoms with Crippen LogP contribution in [0.4, 0.5) is 0 Å². The molecule has 0 radical (unpaired) electrons. The Bertz CT molecular complexity index is 3000. The van der Waals surface area contributed by atoms with Crippen molar-refractivity contribution in [2.45, 2.75) is 0 Å². The standard InChI is InChI=1S/4C18H14ClP.Pd/c4*19-15-11-13-18(14-12-15)20(16-7-3-1-4-8-16)17-9-5-2-6-10-17;/h4*1-14H;/p+4. The van der Waals surface area contributed by atoms with Gasteiger partial charge in [-0.25, -0.2) is 0 Å². The van der Waals surface area contributed by atoms with Crippen LogP contribution in [0.25, 0.3) is 0 Å². The number of hydrogen-bond acceptors (Lipinski definition) is 0. The molecule has 0 saturated heterocycles. The molecule has 0 aliphatic rings. The van der Waals surface area contributed by atoms with Crippen molar-refractivity contribution in [2.75, 3.05) is 0 Å². The van der Waals surface area contributed by atoms with Crippen LogP contribution in [-0.4, -0.2) is 0 Å². The van der Waals surface area contributed by atoms with E-state index in [1.165, 1.54) is 63.7 Å². The van der Waals surface area contributed by atoms with Crippen LogP contribution >= 0.6 is 78.1 Å². The van der Waals surface area contributed by atoms with Crippen LogP contribution in [-0.2, 0) is 20.4 Å². The molecule has 0 aliphatic carbocycles. The minimum absolute atomic E-state index is 0. The third-order valence-electron chi connectivity index (χ3n) is 13.0. The van der Waals surface area contributed by atoms with E-state index < -0.39 is 31.7 Å². The summed E-state index contributed by atoms with van der Waals surface area (Å²) < 4.78 is 0. The Labute approximate surface area is 517 Å². The fraction of sp³-hybridized carbons (Fsp3) is 0. The van der Waals surface area contributed by atoms with Gasteiger partial charge in [-0.2, -0.15) is 0 Å². The number of hydrogen-bond donors (Lipinski definition) is 0. The zero-order chi connectivity index (χ0) is 55.1. The zero-order valence-electron chi connectivity index (χ0n) is 44.2. The van der Waals surface area contributed by atoms with Crippen molar-refractivity contribution in [3.63, 3.8) is 0 Å². The van der Waals surface area contributed by atoms with E-state index in [0.717, 1.165) is 20.1 Å². The molecule has 0 aliphatic heterocycles. The van der Waals surface area contributed by atoms with Crippen LogP contribution in [0.5, 0.6) is 0 Å². The third-order valence-corrected chi connectivity index (χ3v) is 25.0. The van der Waals surface area contributed by atoms with Crippen LogP contribution in [0.15, 0.2) is 340 Å². The summed E-state index contributed by atoms with van der Waals surface area (Å²) in [4.78, 5) is 0. The van der Waals surface area contributed by atoms with Gasteiger partial charge in [0.1, 0.15) is 63.7 Å². The third kappa shape index (κ3) is 18.1. The molecule has 402 valence electrons. The predicted octanol–water partition coefficient (Wildman–Crippen LogP) is 15.3. The molecule has 0 atom stereocenters. The van der Waals surface area contributed by atoms with Gasteiger partial charge < -0.3 is 0 Å². The van der Waals surface area contributed by atoms with Gasteiger partial charge in [-0.3, -0.25) is 0 Å². The van der Waals surface area contributed by atoms with Crippen LogP contribution in [0, 0.1) is 0 Å². The van der Waals surface area contributed by atoms with Crippen molar-refractivity contribution in [1.29, 1.82) is 0 Å². The average molecular weight is 1300 g/mol. The molecule has 0 fully saturated rings. The number of benzene rings is 12. The fourth-order valence-corrected chi connectivity index (χ4v) is 20.0. The van der Waals surface area contributed by atoms with E-state index in [0.29, 0.717) is 0 Å². The van der Waals surface area contributed by atoms with Crippen molar-refractivity contribution < 1.29 is 20.4 Å². The summed E-state index contributed by atoms with van der Waals surface area (Å²) in [5, 5.41) is 19.7. The van der Waals surface area contributed by atoms with Crippen molar-refractivity contribution in [3.8, 4) is 0 Å². The zero-order valence-corrected chi connectivity index (χ0v) is 52.7. The van der Waals surface area contributed by atoms with Crippen molar-refractivity contribution in [3.05, 3.63) is 360 Å². The summed E-state index contributed by atoms with van der Waals surface area (Å²) in [6.45, 7) is 0. The van der Waals surface area contributed by atoms with Crippen LogP contribution in [0.3, 0.4) is 0 Å². The minimum atomic E-state index is -0.952. The molecule has 81 heavy (non-hydrogen) atoms. The van der Waals surface area contributed by atoms with E-state index in [1.807, 2.05) is 48.5 Å². The Morgan fingerprint density at radius 2 is 0.235 bits per heavy atom. The average Bonchev–Trinajstić information content (AvgIpc) is 3.55. The van der Waals surface area contributed by atoms with Crippen molar-refractivity contribution in [1.82, 2.24) is 0 Å². The number of halogens is 4. The summed E-state index contributed by atoms with van der Waals surface area (Å²) in [7, 11) is -3.81. The molecule has 12 aromatic rings. The van der Waals surface area contributed by atoms with Gasteiger partial charge in [-0.1, -0.05) is 192 Å². The van der Waals surface area contributed by atoms with E-state index >= 15 is 0 Å². The van der Waals surface area contributed by atoms with Crippen molar-refractivity contribution in [2.24, 2.45) is 0 Å². The quantitative estimate of drug-likeness (QED) is 0.0845. The molecule has 9 heteroatoms. The van der Waals surface area contributed by atoms with Gasteiger partial charge in [0.25, 0.3) is 0 Å². The van der Waals surface area contributed by atoms with Crippen LogP contribution in [0.2, 0.25) is 20.1 Å². The van der Waals surface area contributed by atoms with E-state index in [-0.39, 0.29) is 20.4 Å². The molecular weight excluding hydrogens is 1240 g/mol. The molecule has 0 amide bonds. The van der Waals surface area contributed by atoms with Gasteiger partial charge in [0.05, 0.1) is 31.7 Å². The molecule has 0 unspecified atom stereocenters. The van der Waals surface area contributed by atoms with E-state index in [2.05, 4.69) is 291 Å². The summed E-state index contributed by atoms with van der Waals surface area (Å²) in [5.41, 5.74) is 0. The number of rotatable bonds is 12. The molecule has 0 N–H and O–H groups in total. The Morgan fingerprint density at radius 3 is 0.346 bits per heavy atom.